The molecular weight excluding hydrogens is 520 g/mol. The highest BCUT2D eigenvalue weighted by Gasteiger charge is 2.53. The second-order valence-electron chi connectivity index (χ2n) is 10.1. The first kappa shape index (κ1) is 25.8. The number of carbonyl (C=O) groups excluding carboxylic acids is 1. The van der Waals surface area contributed by atoms with Gasteiger partial charge in [0, 0.05) is 22.9 Å². The normalized spacial score (nSPS) is 25.2. The highest BCUT2D eigenvalue weighted by molar-refractivity contribution is 7.92. The number of aliphatic hydroxyl groups is 1. The quantitative estimate of drug-likeness (QED) is 0.397. The summed E-state index contributed by atoms with van der Waals surface area (Å²) in [5.41, 5.74) is -0.415. The van der Waals surface area contributed by atoms with Crippen molar-refractivity contribution in [2.75, 3.05) is 5.32 Å². The summed E-state index contributed by atoms with van der Waals surface area (Å²) in [5, 5.41) is 12.6. The van der Waals surface area contributed by atoms with E-state index in [1.54, 1.807) is 37.3 Å². The SMILES string of the molecule is CC1(O)C2CC[C@H]1CC(S(=O)(=O)c1cc(C(=O)Nc3cc(F)c(F)c(-c4ccccc4)c3)ccc1Cl)C2. The molecule has 2 fully saturated rings. The molecule has 0 radical (unpaired) electrons. The minimum atomic E-state index is -3.89. The van der Waals surface area contributed by atoms with Crippen LogP contribution in [-0.2, 0) is 9.84 Å². The number of halogens is 3. The van der Waals surface area contributed by atoms with Gasteiger partial charge in [-0.05, 0) is 74.3 Å². The van der Waals surface area contributed by atoms with Crippen molar-refractivity contribution in [2.24, 2.45) is 11.8 Å². The Kier molecular flexibility index (Phi) is 6.63. The van der Waals surface area contributed by atoms with Crippen molar-refractivity contribution in [2.45, 2.75) is 48.4 Å². The molecule has 0 saturated heterocycles. The second-order valence-corrected chi connectivity index (χ2v) is 12.7. The standard InChI is InChI=1S/C28H26ClF2NO4S/c1-28(34)18-8-9-19(28)13-21(12-18)37(35,36)25-11-17(7-10-23(25)29)27(33)32-20-14-22(26(31)24(30)15-20)16-5-3-2-4-6-16/h2-7,10-11,14-15,18-19,21,34H,8-9,12-13H2,1H3,(H,32,33)/t18-,19?,21?,28?/m0/s1. The Bertz CT molecular complexity index is 1460. The predicted octanol–water partition coefficient (Wildman–Crippen LogP) is 6.25. The minimum absolute atomic E-state index is 0.000390. The van der Waals surface area contributed by atoms with Crippen LogP contribution in [0.25, 0.3) is 11.1 Å². The highest BCUT2D eigenvalue weighted by Crippen LogP contribution is 2.51. The number of hydrogen-bond acceptors (Lipinski definition) is 4. The maximum atomic E-state index is 14.5. The zero-order valence-corrected chi connectivity index (χ0v) is 21.6. The molecule has 5 nitrogen and oxygen atoms in total. The number of benzene rings is 3. The van der Waals surface area contributed by atoms with E-state index in [1.807, 2.05) is 0 Å². The molecule has 0 heterocycles. The molecule has 194 valence electrons. The average molecular weight is 546 g/mol. The maximum absolute atomic E-state index is 14.5. The summed E-state index contributed by atoms with van der Waals surface area (Å²) in [7, 11) is -3.89. The Morgan fingerprint density at radius 3 is 2.32 bits per heavy atom. The Hall–Kier alpha value is -2.81. The third-order valence-electron chi connectivity index (χ3n) is 7.92. The van der Waals surface area contributed by atoms with Crippen molar-refractivity contribution in [1.82, 2.24) is 0 Å². The van der Waals surface area contributed by atoms with Gasteiger partial charge >= 0.3 is 0 Å². The van der Waals surface area contributed by atoms with Crippen LogP contribution in [0.5, 0.6) is 0 Å². The van der Waals surface area contributed by atoms with Crippen LogP contribution in [-0.4, -0.2) is 30.3 Å². The van der Waals surface area contributed by atoms with E-state index in [-0.39, 0.29) is 38.6 Å². The highest BCUT2D eigenvalue weighted by atomic mass is 35.5. The molecule has 3 aromatic carbocycles. The number of carbonyl (C=O) groups is 1. The zero-order valence-electron chi connectivity index (χ0n) is 20.0. The van der Waals surface area contributed by atoms with E-state index in [9.17, 15) is 27.1 Å². The molecule has 0 aromatic heterocycles. The third kappa shape index (κ3) is 4.67. The van der Waals surface area contributed by atoms with Crippen molar-refractivity contribution in [3.8, 4) is 11.1 Å². The lowest BCUT2D eigenvalue weighted by Crippen LogP contribution is -2.45. The summed E-state index contributed by atoms with van der Waals surface area (Å²) >= 11 is 6.28. The summed E-state index contributed by atoms with van der Waals surface area (Å²) in [6.07, 6.45) is 2.21. The summed E-state index contributed by atoms with van der Waals surface area (Å²) in [5.74, 6) is -3.07. The maximum Gasteiger partial charge on any atom is 0.255 e. The van der Waals surface area contributed by atoms with E-state index in [0.29, 0.717) is 18.4 Å². The van der Waals surface area contributed by atoms with Crippen LogP contribution in [0.1, 0.15) is 43.0 Å². The van der Waals surface area contributed by atoms with Crippen LogP contribution in [0, 0.1) is 23.5 Å². The minimum Gasteiger partial charge on any atom is -0.390 e. The van der Waals surface area contributed by atoms with Gasteiger partial charge in [-0.15, -0.1) is 0 Å². The number of anilines is 1. The van der Waals surface area contributed by atoms with Gasteiger partial charge in [0.2, 0.25) is 0 Å². The molecule has 2 N–H and O–H groups in total. The lowest BCUT2D eigenvalue weighted by Gasteiger charge is -2.40. The molecule has 37 heavy (non-hydrogen) atoms. The molecule has 2 saturated carbocycles. The molecule has 1 amide bonds. The van der Waals surface area contributed by atoms with Gasteiger partial charge in [0.15, 0.2) is 21.5 Å². The van der Waals surface area contributed by atoms with Gasteiger partial charge in [-0.3, -0.25) is 4.79 Å². The third-order valence-corrected chi connectivity index (χ3v) is 10.6. The monoisotopic (exact) mass is 545 g/mol. The average Bonchev–Trinajstić information content (AvgIpc) is 3.02. The van der Waals surface area contributed by atoms with Crippen molar-refractivity contribution in [3.63, 3.8) is 0 Å². The first-order valence-corrected chi connectivity index (χ1v) is 14.0. The van der Waals surface area contributed by atoms with Gasteiger partial charge in [-0.25, -0.2) is 17.2 Å². The molecule has 3 aromatic rings. The first-order valence-electron chi connectivity index (χ1n) is 12.1. The summed E-state index contributed by atoms with van der Waals surface area (Å²) in [6.45, 7) is 1.78. The van der Waals surface area contributed by atoms with E-state index in [0.717, 1.165) is 18.9 Å². The van der Waals surface area contributed by atoms with Gasteiger partial charge in [-0.2, -0.15) is 0 Å². The van der Waals surface area contributed by atoms with Gasteiger partial charge in [0.25, 0.3) is 5.91 Å². The zero-order chi connectivity index (χ0) is 26.5. The van der Waals surface area contributed by atoms with Crippen LogP contribution in [0.15, 0.2) is 65.6 Å². The fraction of sp³-hybridized carbons (Fsp3) is 0.321. The lowest BCUT2D eigenvalue weighted by molar-refractivity contribution is -0.0413. The number of hydrogen-bond donors (Lipinski definition) is 2. The molecular formula is C28H26ClF2NO4S. The number of rotatable bonds is 5. The molecule has 2 aliphatic carbocycles. The van der Waals surface area contributed by atoms with E-state index in [2.05, 4.69) is 5.32 Å². The molecule has 4 atom stereocenters. The molecule has 0 spiro atoms. The van der Waals surface area contributed by atoms with Crippen molar-refractivity contribution < 1.29 is 27.1 Å². The Morgan fingerprint density at radius 2 is 1.68 bits per heavy atom. The lowest BCUT2D eigenvalue weighted by atomic mass is 9.76. The van der Waals surface area contributed by atoms with Crippen LogP contribution in [0.3, 0.4) is 0 Å². The number of amides is 1. The van der Waals surface area contributed by atoms with E-state index in [4.69, 9.17) is 11.6 Å². The van der Waals surface area contributed by atoms with E-state index < -0.39 is 38.2 Å². The Labute approximate surface area is 219 Å². The van der Waals surface area contributed by atoms with Crippen LogP contribution >= 0.6 is 11.6 Å². The fourth-order valence-corrected chi connectivity index (χ4v) is 8.15. The topological polar surface area (TPSA) is 83.5 Å². The van der Waals surface area contributed by atoms with Gasteiger partial charge in [0.05, 0.1) is 20.8 Å². The summed E-state index contributed by atoms with van der Waals surface area (Å²) in [6, 6.07) is 14.5. The molecule has 2 aliphatic rings. The molecule has 9 heteroatoms. The fourth-order valence-electron chi connectivity index (χ4n) is 5.75. The molecule has 5 rings (SSSR count). The number of nitrogens with one attached hydrogen (secondary N) is 1. The van der Waals surface area contributed by atoms with E-state index >= 15 is 0 Å². The smallest absolute Gasteiger partial charge is 0.255 e. The summed E-state index contributed by atoms with van der Waals surface area (Å²) in [4.78, 5) is 12.9. The largest absolute Gasteiger partial charge is 0.390 e. The van der Waals surface area contributed by atoms with Crippen molar-refractivity contribution >= 4 is 33.0 Å². The first-order chi connectivity index (χ1) is 17.5. The summed E-state index contributed by atoms with van der Waals surface area (Å²) < 4.78 is 55.9. The Balaban J connectivity index is 1.42. The predicted molar refractivity (Wildman–Crippen MR) is 138 cm³/mol. The van der Waals surface area contributed by atoms with Gasteiger partial charge in [0.1, 0.15) is 0 Å². The van der Waals surface area contributed by atoms with E-state index in [1.165, 1.54) is 24.3 Å². The van der Waals surface area contributed by atoms with Crippen molar-refractivity contribution in [3.05, 3.63) is 82.9 Å². The number of fused-ring (bicyclic) bond motifs is 2. The van der Waals surface area contributed by atoms with Crippen LogP contribution < -0.4 is 5.32 Å². The molecule has 0 aliphatic heterocycles. The molecule has 2 bridgehead atoms. The van der Waals surface area contributed by atoms with Gasteiger partial charge in [-0.1, -0.05) is 41.9 Å². The van der Waals surface area contributed by atoms with Crippen LogP contribution in [0.2, 0.25) is 5.02 Å². The second kappa shape index (κ2) is 9.49. The molecule has 3 unspecified atom stereocenters. The Morgan fingerprint density at radius 1 is 1.03 bits per heavy atom. The number of sulfone groups is 1. The van der Waals surface area contributed by atoms with Crippen LogP contribution in [0.4, 0.5) is 14.5 Å². The van der Waals surface area contributed by atoms with Gasteiger partial charge < -0.3 is 10.4 Å². The van der Waals surface area contributed by atoms with Crippen molar-refractivity contribution in [1.29, 1.82) is 0 Å².